The van der Waals surface area contributed by atoms with Crippen LogP contribution in [0, 0.1) is 11.9 Å². The molecule has 5 nitrogen and oxygen atoms in total. The van der Waals surface area contributed by atoms with Crippen LogP contribution in [0.3, 0.4) is 0 Å². The van der Waals surface area contributed by atoms with E-state index in [9.17, 15) is 14.0 Å². The number of nitrogens with zero attached hydrogens (tertiary/aromatic N) is 2. The molecule has 2 unspecified atom stereocenters. The van der Waals surface area contributed by atoms with Crippen molar-refractivity contribution in [2.75, 3.05) is 6.61 Å². The minimum atomic E-state index is -0.594. The molecule has 6 heteroatoms. The lowest BCUT2D eigenvalue weighted by Gasteiger charge is -2.47. The van der Waals surface area contributed by atoms with Gasteiger partial charge in [-0.3, -0.25) is 4.79 Å². The fraction of sp³-hybridized carbons (Fsp3) is 0.345. The summed E-state index contributed by atoms with van der Waals surface area (Å²) in [7, 11) is 0. The van der Waals surface area contributed by atoms with Crippen LogP contribution >= 0.6 is 0 Å². The number of pyridine rings is 1. The third kappa shape index (κ3) is 3.91. The van der Waals surface area contributed by atoms with Crippen molar-refractivity contribution in [3.05, 3.63) is 89.5 Å². The van der Waals surface area contributed by atoms with E-state index in [1.807, 2.05) is 29.2 Å². The molecule has 3 heterocycles. The summed E-state index contributed by atoms with van der Waals surface area (Å²) in [6.07, 6.45) is 5.02. The van der Waals surface area contributed by atoms with Crippen LogP contribution in [-0.4, -0.2) is 40.5 Å². The van der Waals surface area contributed by atoms with E-state index >= 15 is 0 Å². The van der Waals surface area contributed by atoms with Crippen LogP contribution in [0.15, 0.2) is 66.9 Å². The normalized spacial score (nSPS) is 22.9. The molecule has 35 heavy (non-hydrogen) atoms. The number of fused-ring (bicyclic) bond motifs is 5. The van der Waals surface area contributed by atoms with Gasteiger partial charge in [0.15, 0.2) is 5.78 Å². The van der Waals surface area contributed by atoms with Crippen LogP contribution in [0.5, 0.6) is 0 Å². The van der Waals surface area contributed by atoms with Gasteiger partial charge in [0, 0.05) is 35.7 Å². The quantitative estimate of drug-likeness (QED) is 0.347. The zero-order valence-electron chi connectivity index (χ0n) is 19.4. The van der Waals surface area contributed by atoms with E-state index in [1.54, 1.807) is 0 Å². The lowest BCUT2D eigenvalue weighted by Crippen LogP contribution is -2.55. The van der Waals surface area contributed by atoms with Gasteiger partial charge in [-0.15, -0.1) is 0 Å². The number of Topliss-reactive ketones (excluding diaryl/α,β-unsaturated/α-hetero) is 1. The minimum Gasteiger partial charge on any atom is -0.448 e. The predicted molar refractivity (Wildman–Crippen MR) is 130 cm³/mol. The topological polar surface area (TPSA) is 59.5 Å². The first-order valence-electron chi connectivity index (χ1n) is 12.4. The molecule has 0 saturated carbocycles. The first kappa shape index (κ1) is 22.0. The third-order valence-electron chi connectivity index (χ3n) is 7.90. The molecule has 3 aliphatic rings. The van der Waals surface area contributed by atoms with Crippen LogP contribution in [0.2, 0.25) is 0 Å². The van der Waals surface area contributed by atoms with Crippen molar-refractivity contribution in [2.24, 2.45) is 5.92 Å². The summed E-state index contributed by atoms with van der Waals surface area (Å²) in [5.74, 6) is -0.767. The van der Waals surface area contributed by atoms with Crippen molar-refractivity contribution >= 4 is 11.9 Å². The van der Waals surface area contributed by atoms with Crippen LogP contribution in [0.25, 0.3) is 11.1 Å². The number of carbonyl (C=O) groups excluding carboxylic acids is 2. The Hall–Kier alpha value is -3.54. The van der Waals surface area contributed by atoms with Gasteiger partial charge in [0.25, 0.3) is 0 Å². The molecule has 2 aliphatic heterocycles. The van der Waals surface area contributed by atoms with Crippen LogP contribution in [0.4, 0.5) is 9.18 Å². The summed E-state index contributed by atoms with van der Waals surface area (Å²) < 4.78 is 19.1. The highest BCUT2D eigenvalue weighted by Gasteiger charge is 2.44. The minimum absolute atomic E-state index is 0.0124. The van der Waals surface area contributed by atoms with E-state index in [0.29, 0.717) is 25.0 Å². The number of hydrogen-bond acceptors (Lipinski definition) is 4. The van der Waals surface area contributed by atoms with Gasteiger partial charge in [0.1, 0.15) is 6.61 Å². The molecule has 0 N–H and O–H groups in total. The highest BCUT2D eigenvalue weighted by atomic mass is 19.1. The first-order valence-corrected chi connectivity index (χ1v) is 12.4. The third-order valence-corrected chi connectivity index (χ3v) is 7.90. The Balaban J connectivity index is 1.16. The van der Waals surface area contributed by atoms with E-state index < -0.39 is 5.95 Å². The molecule has 2 bridgehead atoms. The van der Waals surface area contributed by atoms with Gasteiger partial charge in [-0.1, -0.05) is 48.5 Å². The Bertz CT molecular complexity index is 1220. The number of piperidine rings is 2. The maximum absolute atomic E-state index is 13.3. The Morgan fingerprint density at radius 3 is 2.14 bits per heavy atom. The molecule has 3 aromatic rings. The number of benzene rings is 2. The summed E-state index contributed by atoms with van der Waals surface area (Å²) >= 11 is 0. The van der Waals surface area contributed by atoms with Gasteiger partial charge in [-0.25, -0.2) is 9.78 Å². The summed E-state index contributed by atoms with van der Waals surface area (Å²) in [5.41, 5.74) is 5.23. The molecule has 1 aromatic heterocycles. The molecule has 2 fully saturated rings. The summed E-state index contributed by atoms with van der Waals surface area (Å²) in [4.78, 5) is 31.9. The lowest BCUT2D eigenvalue weighted by molar-refractivity contribution is 0.00650. The van der Waals surface area contributed by atoms with Crippen molar-refractivity contribution in [1.82, 2.24) is 9.88 Å². The molecule has 6 rings (SSSR count). The first-order chi connectivity index (χ1) is 17.1. The number of aromatic nitrogens is 1. The van der Waals surface area contributed by atoms with Gasteiger partial charge in [-0.2, -0.15) is 4.39 Å². The Labute approximate surface area is 203 Å². The fourth-order valence-electron chi connectivity index (χ4n) is 6.32. The van der Waals surface area contributed by atoms with Gasteiger partial charge < -0.3 is 9.64 Å². The van der Waals surface area contributed by atoms with Crippen LogP contribution < -0.4 is 0 Å². The predicted octanol–water partition coefficient (Wildman–Crippen LogP) is 5.99. The molecule has 2 atom stereocenters. The molecule has 1 amide bonds. The van der Waals surface area contributed by atoms with Gasteiger partial charge in [0.2, 0.25) is 5.95 Å². The van der Waals surface area contributed by atoms with Gasteiger partial charge in [-0.05, 0) is 66.5 Å². The average molecular weight is 471 g/mol. The van der Waals surface area contributed by atoms with E-state index in [2.05, 4.69) is 29.2 Å². The summed E-state index contributed by atoms with van der Waals surface area (Å²) in [6, 6.07) is 19.3. The monoisotopic (exact) mass is 470 g/mol. The number of carbonyl (C=O) groups is 2. The van der Waals surface area contributed by atoms with E-state index in [1.165, 1.54) is 40.6 Å². The molecule has 2 saturated heterocycles. The van der Waals surface area contributed by atoms with Crippen molar-refractivity contribution in [2.45, 2.75) is 50.1 Å². The van der Waals surface area contributed by atoms with Crippen molar-refractivity contribution in [1.29, 1.82) is 0 Å². The Kier molecular flexibility index (Phi) is 5.59. The number of rotatable bonds is 4. The standard InChI is InChI=1S/C29H27FN2O3/c30-27-13-12-18(16-31-27)28(33)19-14-20-6-5-7-21(15-19)32(20)29(34)35-17-26-24-10-3-1-8-22(24)23-9-2-4-11-25(23)26/h1-4,8-13,16,19-21,26H,5-7,14-15,17H2. The largest absolute Gasteiger partial charge is 0.448 e. The maximum atomic E-state index is 13.3. The zero-order chi connectivity index (χ0) is 23.9. The Morgan fingerprint density at radius 2 is 1.54 bits per heavy atom. The highest BCUT2D eigenvalue weighted by molar-refractivity contribution is 5.97. The smallest absolute Gasteiger partial charge is 0.410 e. The molecule has 0 radical (unpaired) electrons. The number of hydrogen-bond donors (Lipinski definition) is 0. The zero-order valence-corrected chi connectivity index (χ0v) is 19.4. The van der Waals surface area contributed by atoms with Gasteiger partial charge in [0.05, 0.1) is 0 Å². The highest BCUT2D eigenvalue weighted by Crippen LogP contribution is 2.45. The molecule has 0 spiro atoms. The number of amides is 1. The van der Waals surface area contributed by atoms with Crippen molar-refractivity contribution in [3.63, 3.8) is 0 Å². The van der Waals surface area contributed by atoms with E-state index in [4.69, 9.17) is 4.74 Å². The lowest BCUT2D eigenvalue weighted by atomic mass is 9.76. The number of ketones is 1. The molecular weight excluding hydrogens is 443 g/mol. The second-order valence-corrected chi connectivity index (χ2v) is 9.85. The molecule has 178 valence electrons. The molecule has 1 aliphatic carbocycles. The molecular formula is C29H27FN2O3. The summed E-state index contributed by atoms with van der Waals surface area (Å²) in [6.45, 7) is 0.298. The SMILES string of the molecule is O=C(c1ccc(F)nc1)C1CC2CCCC(C1)N2C(=O)OCC1c2ccccc2-c2ccccc21. The van der Waals surface area contributed by atoms with Crippen molar-refractivity contribution in [3.8, 4) is 11.1 Å². The number of halogens is 1. The molecule has 2 aromatic carbocycles. The van der Waals surface area contributed by atoms with E-state index in [-0.39, 0.29) is 35.8 Å². The van der Waals surface area contributed by atoms with Gasteiger partial charge >= 0.3 is 6.09 Å². The average Bonchev–Trinajstić information content (AvgIpc) is 3.20. The second-order valence-electron chi connectivity index (χ2n) is 9.85. The van der Waals surface area contributed by atoms with Crippen LogP contribution in [-0.2, 0) is 4.74 Å². The van der Waals surface area contributed by atoms with E-state index in [0.717, 1.165) is 19.3 Å². The fourth-order valence-corrected chi connectivity index (χ4v) is 6.32. The maximum Gasteiger partial charge on any atom is 0.410 e. The van der Waals surface area contributed by atoms with Crippen LogP contribution in [0.1, 0.15) is 59.5 Å². The number of ether oxygens (including phenoxy) is 1. The second kappa shape index (κ2) is 8.91. The Morgan fingerprint density at radius 1 is 0.914 bits per heavy atom. The summed E-state index contributed by atoms with van der Waals surface area (Å²) in [5, 5.41) is 0. The van der Waals surface area contributed by atoms with Crippen molar-refractivity contribution < 1.29 is 18.7 Å².